The van der Waals surface area contributed by atoms with E-state index in [0.717, 1.165) is 18.8 Å². The Bertz CT molecular complexity index is 384. The lowest BCUT2D eigenvalue weighted by Crippen LogP contribution is -2.30. The largest absolute Gasteiger partial charge is 0.497 e. The molecule has 0 aliphatic carbocycles. The van der Waals surface area contributed by atoms with Crippen LogP contribution in [0.5, 0.6) is 5.75 Å². The van der Waals surface area contributed by atoms with Gasteiger partial charge in [0.05, 0.1) is 20.2 Å². The Labute approximate surface area is 95.2 Å². The fourth-order valence-corrected chi connectivity index (χ4v) is 1.47. The predicted molar refractivity (Wildman–Crippen MR) is 64.2 cm³/mol. The molecule has 0 aromatic heterocycles. The van der Waals surface area contributed by atoms with E-state index in [9.17, 15) is 0 Å². The molecule has 0 saturated carbocycles. The molecule has 16 heavy (non-hydrogen) atoms. The third-order valence-electron chi connectivity index (χ3n) is 2.32. The van der Waals surface area contributed by atoms with Gasteiger partial charge < -0.3 is 4.74 Å². The smallest absolute Gasteiger partial charge is 0.118 e. The molecule has 1 aliphatic heterocycles. The van der Waals surface area contributed by atoms with Crippen molar-refractivity contribution >= 4 is 6.34 Å². The van der Waals surface area contributed by atoms with Crippen LogP contribution < -0.4 is 10.2 Å². The van der Waals surface area contributed by atoms with Crippen molar-refractivity contribution in [2.45, 2.75) is 6.54 Å². The van der Waals surface area contributed by atoms with Gasteiger partial charge in [0.25, 0.3) is 0 Å². The van der Waals surface area contributed by atoms with Gasteiger partial charge in [-0.05, 0) is 23.8 Å². The number of hydrogen-bond donors (Lipinski definition) is 1. The summed E-state index contributed by atoms with van der Waals surface area (Å²) in [4.78, 5) is 4.11. The van der Waals surface area contributed by atoms with Crippen LogP contribution in [-0.2, 0) is 6.54 Å². The summed E-state index contributed by atoms with van der Waals surface area (Å²) < 4.78 is 5.11. The van der Waals surface area contributed by atoms with Crippen LogP contribution in [-0.4, -0.2) is 25.0 Å². The van der Waals surface area contributed by atoms with Gasteiger partial charge >= 0.3 is 0 Å². The lowest BCUT2D eigenvalue weighted by molar-refractivity contribution is 0.331. The van der Waals surface area contributed by atoms with Crippen molar-refractivity contribution in [1.82, 2.24) is 10.4 Å². The molecule has 0 saturated heterocycles. The molecule has 4 heteroatoms. The first-order chi connectivity index (χ1) is 7.88. The SMILES string of the molecule is COc1ccc(CN2C=CCN=CN2)cc1. The molecule has 1 aromatic carbocycles. The Morgan fingerprint density at radius 1 is 1.38 bits per heavy atom. The Morgan fingerprint density at radius 3 is 2.94 bits per heavy atom. The molecule has 2 rings (SSSR count). The van der Waals surface area contributed by atoms with E-state index in [-0.39, 0.29) is 0 Å². The number of ether oxygens (including phenoxy) is 1. The van der Waals surface area contributed by atoms with Gasteiger partial charge in [0.2, 0.25) is 0 Å². The zero-order chi connectivity index (χ0) is 11.2. The Morgan fingerprint density at radius 2 is 2.19 bits per heavy atom. The van der Waals surface area contributed by atoms with Crippen LogP contribution in [0.4, 0.5) is 0 Å². The minimum Gasteiger partial charge on any atom is -0.497 e. The second-order valence-corrected chi connectivity index (χ2v) is 3.48. The van der Waals surface area contributed by atoms with Gasteiger partial charge in [0.1, 0.15) is 12.1 Å². The van der Waals surface area contributed by atoms with Crippen LogP contribution in [0.1, 0.15) is 5.56 Å². The maximum Gasteiger partial charge on any atom is 0.118 e. The normalized spacial score (nSPS) is 14.4. The molecule has 0 amide bonds. The Balaban J connectivity index is 1.99. The van der Waals surface area contributed by atoms with E-state index >= 15 is 0 Å². The van der Waals surface area contributed by atoms with Crippen molar-refractivity contribution in [2.24, 2.45) is 4.99 Å². The number of benzene rings is 1. The predicted octanol–water partition coefficient (Wildman–Crippen LogP) is 1.56. The van der Waals surface area contributed by atoms with Crippen molar-refractivity contribution in [3.8, 4) is 5.75 Å². The lowest BCUT2D eigenvalue weighted by Gasteiger charge is -2.18. The monoisotopic (exact) mass is 217 g/mol. The molecule has 4 nitrogen and oxygen atoms in total. The highest BCUT2D eigenvalue weighted by molar-refractivity contribution is 5.54. The van der Waals surface area contributed by atoms with E-state index in [2.05, 4.69) is 22.6 Å². The van der Waals surface area contributed by atoms with Crippen molar-refractivity contribution in [2.75, 3.05) is 13.7 Å². The van der Waals surface area contributed by atoms with E-state index in [4.69, 9.17) is 4.74 Å². The molecule has 0 atom stereocenters. The molecule has 1 N–H and O–H groups in total. The number of methoxy groups -OCH3 is 1. The highest BCUT2D eigenvalue weighted by Crippen LogP contribution is 2.12. The van der Waals surface area contributed by atoms with Crippen LogP contribution in [0.15, 0.2) is 41.5 Å². The summed E-state index contributed by atoms with van der Waals surface area (Å²) >= 11 is 0. The summed E-state index contributed by atoms with van der Waals surface area (Å²) in [6.45, 7) is 1.53. The quantitative estimate of drug-likeness (QED) is 0.834. The number of hydrogen-bond acceptors (Lipinski definition) is 4. The third kappa shape index (κ3) is 2.76. The summed E-state index contributed by atoms with van der Waals surface area (Å²) in [6.07, 6.45) is 5.72. The van der Waals surface area contributed by atoms with Crippen molar-refractivity contribution < 1.29 is 4.74 Å². The molecular formula is C12H15N3O. The van der Waals surface area contributed by atoms with Crippen molar-refractivity contribution in [1.29, 1.82) is 0 Å². The van der Waals surface area contributed by atoms with Crippen molar-refractivity contribution in [3.05, 3.63) is 42.1 Å². The molecule has 1 aromatic rings. The number of hydrazine groups is 1. The summed E-state index contributed by atoms with van der Waals surface area (Å²) in [6, 6.07) is 8.03. The summed E-state index contributed by atoms with van der Waals surface area (Å²) in [5.74, 6) is 0.879. The minimum absolute atomic E-state index is 0.728. The molecule has 1 aliphatic rings. The summed E-state index contributed by atoms with van der Waals surface area (Å²) in [7, 11) is 1.67. The summed E-state index contributed by atoms with van der Waals surface area (Å²) in [5.41, 5.74) is 4.30. The number of aliphatic imine (C=N–C) groups is 1. The van der Waals surface area contributed by atoms with E-state index in [1.165, 1.54) is 5.56 Å². The average Bonchev–Trinajstić information content (AvgIpc) is 2.59. The molecule has 0 bridgehead atoms. The molecular weight excluding hydrogens is 202 g/mol. The summed E-state index contributed by atoms with van der Waals surface area (Å²) in [5, 5.41) is 1.98. The van der Waals surface area contributed by atoms with Gasteiger partial charge in [-0.25, -0.2) is 0 Å². The van der Waals surface area contributed by atoms with Gasteiger partial charge in [0.15, 0.2) is 0 Å². The van der Waals surface area contributed by atoms with Crippen LogP contribution in [0, 0.1) is 0 Å². The van der Waals surface area contributed by atoms with Gasteiger partial charge in [-0.1, -0.05) is 12.1 Å². The third-order valence-corrected chi connectivity index (χ3v) is 2.32. The molecule has 0 fully saturated rings. The Kier molecular flexibility index (Phi) is 3.43. The number of nitrogens with zero attached hydrogens (tertiary/aromatic N) is 2. The number of rotatable bonds is 3. The molecule has 1 heterocycles. The molecule has 84 valence electrons. The second-order valence-electron chi connectivity index (χ2n) is 3.48. The fourth-order valence-electron chi connectivity index (χ4n) is 1.47. The van der Waals surface area contributed by atoms with E-state index in [0.29, 0.717) is 0 Å². The van der Waals surface area contributed by atoms with E-state index in [1.807, 2.05) is 29.4 Å². The van der Waals surface area contributed by atoms with Crippen molar-refractivity contribution in [3.63, 3.8) is 0 Å². The van der Waals surface area contributed by atoms with Crippen LogP contribution >= 0.6 is 0 Å². The first-order valence-corrected chi connectivity index (χ1v) is 5.19. The molecule has 0 unspecified atom stereocenters. The lowest BCUT2D eigenvalue weighted by atomic mass is 10.2. The maximum atomic E-state index is 5.11. The minimum atomic E-state index is 0.728. The van der Waals surface area contributed by atoms with E-state index < -0.39 is 0 Å². The fraction of sp³-hybridized carbons (Fsp3) is 0.250. The first-order valence-electron chi connectivity index (χ1n) is 5.19. The maximum absolute atomic E-state index is 5.11. The van der Waals surface area contributed by atoms with Crippen LogP contribution in [0.3, 0.4) is 0 Å². The number of nitrogens with one attached hydrogen (secondary N) is 1. The zero-order valence-corrected chi connectivity index (χ0v) is 9.26. The first kappa shape index (κ1) is 10.5. The standard InChI is InChI=1S/C12H15N3O/c1-16-12-5-3-11(4-6-12)9-15-8-2-7-13-10-14-15/h2-6,8,10H,7,9H2,1H3,(H,13,14). The van der Waals surface area contributed by atoms with Crippen LogP contribution in [0.25, 0.3) is 0 Å². The van der Waals surface area contributed by atoms with Gasteiger partial charge in [-0.2, -0.15) is 0 Å². The second kappa shape index (κ2) is 5.21. The van der Waals surface area contributed by atoms with Crippen LogP contribution in [0.2, 0.25) is 0 Å². The average molecular weight is 217 g/mol. The van der Waals surface area contributed by atoms with Gasteiger partial charge in [0, 0.05) is 6.20 Å². The highest BCUT2D eigenvalue weighted by atomic mass is 16.5. The Hall–Kier alpha value is -1.97. The van der Waals surface area contributed by atoms with Gasteiger partial charge in [-0.3, -0.25) is 15.4 Å². The highest BCUT2D eigenvalue weighted by Gasteiger charge is 2.00. The zero-order valence-electron chi connectivity index (χ0n) is 9.26. The van der Waals surface area contributed by atoms with E-state index in [1.54, 1.807) is 13.4 Å². The molecule has 0 radical (unpaired) electrons. The molecule has 0 spiro atoms. The topological polar surface area (TPSA) is 36.9 Å². The van der Waals surface area contributed by atoms with Gasteiger partial charge in [-0.15, -0.1) is 0 Å².